The molecule has 0 saturated heterocycles. The largest absolute Gasteiger partial charge is 0.460 e. The summed E-state index contributed by atoms with van der Waals surface area (Å²) < 4.78 is 12.2. The average Bonchev–Trinajstić information content (AvgIpc) is 2.54. The molecule has 4 heteroatoms. The number of benzene rings is 2. The van der Waals surface area contributed by atoms with Gasteiger partial charge in [-0.05, 0) is 36.2 Å². The van der Waals surface area contributed by atoms with E-state index < -0.39 is 8.60 Å². The summed E-state index contributed by atoms with van der Waals surface area (Å²) in [4.78, 5) is 10.9. The minimum Gasteiger partial charge on any atom is -0.418 e. The van der Waals surface area contributed by atoms with Crippen LogP contribution in [0, 0.1) is 13.8 Å². The van der Waals surface area contributed by atoms with Crippen LogP contribution in [-0.4, -0.2) is 4.89 Å². The van der Waals surface area contributed by atoms with Crippen molar-refractivity contribution in [2.45, 2.75) is 92.4 Å². The van der Waals surface area contributed by atoms with Crippen molar-refractivity contribution in [3.05, 3.63) is 58.1 Å². The van der Waals surface area contributed by atoms with E-state index in [0.717, 1.165) is 22.4 Å². The molecule has 2 aromatic rings. The Morgan fingerprint density at radius 2 is 1.07 bits per heavy atom. The highest BCUT2D eigenvalue weighted by atomic mass is 31.2. The van der Waals surface area contributed by atoms with E-state index >= 15 is 0 Å². The Morgan fingerprint density at radius 1 is 0.633 bits per heavy atom. The molecular weight excluding hydrogens is 391 g/mol. The second kappa shape index (κ2) is 8.52. The number of hydrogen-bond acceptors (Lipinski definition) is 3. The molecule has 0 spiro atoms. The molecule has 1 unspecified atom stereocenters. The maximum Gasteiger partial charge on any atom is 0.460 e. The van der Waals surface area contributed by atoms with Gasteiger partial charge in [0, 0.05) is 16.7 Å². The van der Waals surface area contributed by atoms with Gasteiger partial charge in [0.05, 0.1) is 0 Å². The van der Waals surface area contributed by atoms with E-state index in [1.54, 1.807) is 0 Å². The van der Waals surface area contributed by atoms with Crippen LogP contribution in [0.25, 0.3) is 0 Å². The van der Waals surface area contributed by atoms with Crippen molar-refractivity contribution in [1.82, 2.24) is 0 Å². The van der Waals surface area contributed by atoms with Gasteiger partial charge in [0.1, 0.15) is 11.5 Å². The molecule has 0 aliphatic heterocycles. The van der Waals surface area contributed by atoms with Crippen LogP contribution < -0.4 is 9.05 Å². The van der Waals surface area contributed by atoms with Gasteiger partial charge >= 0.3 is 8.60 Å². The van der Waals surface area contributed by atoms with Crippen molar-refractivity contribution >= 4 is 8.60 Å². The van der Waals surface area contributed by atoms with Gasteiger partial charge in [-0.25, -0.2) is 0 Å². The molecule has 0 fully saturated rings. The van der Waals surface area contributed by atoms with Crippen molar-refractivity contribution in [2.75, 3.05) is 0 Å². The fourth-order valence-electron chi connectivity index (χ4n) is 3.48. The summed E-state index contributed by atoms with van der Waals surface area (Å²) in [5.74, 6) is 1.40. The smallest absolute Gasteiger partial charge is 0.418 e. The van der Waals surface area contributed by atoms with Crippen LogP contribution in [0.5, 0.6) is 11.5 Å². The van der Waals surface area contributed by atoms with Crippen LogP contribution in [0.3, 0.4) is 0 Å². The van der Waals surface area contributed by atoms with Crippen LogP contribution in [0.15, 0.2) is 30.3 Å². The lowest BCUT2D eigenvalue weighted by atomic mass is 9.78. The molecule has 1 N–H and O–H groups in total. The van der Waals surface area contributed by atoms with Gasteiger partial charge in [-0.15, -0.1) is 0 Å². The average molecular weight is 431 g/mol. The minimum absolute atomic E-state index is 0.103. The molecule has 0 amide bonds. The van der Waals surface area contributed by atoms with Gasteiger partial charge < -0.3 is 13.9 Å². The van der Waals surface area contributed by atoms with E-state index in [4.69, 9.17) is 9.05 Å². The van der Waals surface area contributed by atoms with Crippen molar-refractivity contribution in [3.8, 4) is 11.5 Å². The molecular formula is C26H39O3P. The molecule has 1 atom stereocenters. The first-order valence-corrected chi connectivity index (χ1v) is 11.7. The Labute approximate surface area is 184 Å². The first kappa shape index (κ1) is 24.7. The summed E-state index contributed by atoms with van der Waals surface area (Å²) in [6, 6.07) is 10.3. The molecule has 0 aliphatic carbocycles. The third kappa shape index (κ3) is 5.99. The van der Waals surface area contributed by atoms with Gasteiger partial charge in [0.25, 0.3) is 0 Å². The zero-order chi connectivity index (χ0) is 23.1. The van der Waals surface area contributed by atoms with Gasteiger partial charge in [-0.1, -0.05) is 97.7 Å². The highest BCUT2D eigenvalue weighted by Gasteiger charge is 2.30. The fraction of sp³-hybridized carbons (Fsp3) is 0.538. The fourth-order valence-corrected chi connectivity index (χ4v) is 4.19. The maximum atomic E-state index is 10.9. The number of hydrogen-bond donors (Lipinski definition) is 1. The van der Waals surface area contributed by atoms with Gasteiger partial charge in [-0.3, -0.25) is 0 Å². The maximum absolute atomic E-state index is 10.9. The van der Waals surface area contributed by atoms with E-state index in [1.807, 2.05) is 12.1 Å². The zero-order valence-electron chi connectivity index (χ0n) is 20.6. The number of rotatable bonds is 4. The van der Waals surface area contributed by atoms with Crippen LogP contribution >= 0.6 is 8.60 Å². The van der Waals surface area contributed by atoms with E-state index in [-0.39, 0.29) is 16.2 Å². The molecule has 0 radical (unpaired) electrons. The summed E-state index contributed by atoms with van der Waals surface area (Å²) in [7, 11) is -2.14. The van der Waals surface area contributed by atoms with Crippen LogP contribution in [0.4, 0.5) is 0 Å². The number of aryl methyl sites for hydroxylation is 2. The monoisotopic (exact) mass is 430 g/mol. The summed E-state index contributed by atoms with van der Waals surface area (Å²) in [6.07, 6.45) is 0. The van der Waals surface area contributed by atoms with Crippen molar-refractivity contribution in [2.24, 2.45) is 0 Å². The normalized spacial score (nSPS) is 13.9. The molecule has 0 aromatic heterocycles. The van der Waals surface area contributed by atoms with E-state index in [0.29, 0.717) is 5.75 Å². The predicted octanol–water partition coefficient (Wildman–Crippen LogP) is 7.87. The van der Waals surface area contributed by atoms with Crippen molar-refractivity contribution < 1.29 is 13.9 Å². The molecule has 3 nitrogen and oxygen atoms in total. The Bertz CT molecular complexity index is 861. The molecule has 2 rings (SSSR count). The molecule has 30 heavy (non-hydrogen) atoms. The van der Waals surface area contributed by atoms with Gasteiger partial charge in [-0.2, -0.15) is 0 Å². The molecule has 0 heterocycles. The molecule has 166 valence electrons. The second-order valence-electron chi connectivity index (χ2n) is 11.4. The lowest BCUT2D eigenvalue weighted by Crippen LogP contribution is -2.20. The predicted molar refractivity (Wildman–Crippen MR) is 129 cm³/mol. The highest BCUT2D eigenvalue weighted by Crippen LogP contribution is 2.47. The SMILES string of the molecule is Cc1ccc(OP(O)Oc2c(C(C)(C)C)cc(C)cc2C(C)(C)C)c(C(C)(C)C)c1. The van der Waals surface area contributed by atoms with Gasteiger partial charge in [0.2, 0.25) is 0 Å². The van der Waals surface area contributed by atoms with E-state index in [1.165, 1.54) is 11.1 Å². The lowest BCUT2D eigenvalue weighted by Gasteiger charge is -2.31. The van der Waals surface area contributed by atoms with E-state index in [9.17, 15) is 4.89 Å². The Morgan fingerprint density at radius 3 is 1.50 bits per heavy atom. The molecule has 2 aromatic carbocycles. The third-order valence-corrected chi connectivity index (χ3v) is 5.83. The summed E-state index contributed by atoms with van der Waals surface area (Å²) >= 11 is 0. The highest BCUT2D eigenvalue weighted by molar-refractivity contribution is 7.41. The van der Waals surface area contributed by atoms with Gasteiger partial charge in [0.15, 0.2) is 0 Å². The Balaban J connectivity index is 2.49. The Kier molecular flexibility index (Phi) is 7.01. The molecule has 0 aliphatic rings. The van der Waals surface area contributed by atoms with Crippen LogP contribution in [-0.2, 0) is 16.2 Å². The first-order valence-electron chi connectivity index (χ1n) is 10.6. The molecule has 0 saturated carbocycles. The quantitative estimate of drug-likeness (QED) is 0.502. The van der Waals surface area contributed by atoms with Crippen LogP contribution in [0.2, 0.25) is 0 Å². The van der Waals surface area contributed by atoms with Crippen molar-refractivity contribution in [3.63, 3.8) is 0 Å². The third-order valence-electron chi connectivity index (χ3n) is 5.14. The zero-order valence-corrected chi connectivity index (χ0v) is 21.5. The molecule has 0 bridgehead atoms. The van der Waals surface area contributed by atoms with Crippen LogP contribution in [0.1, 0.15) is 90.1 Å². The minimum atomic E-state index is -2.14. The second-order valence-corrected chi connectivity index (χ2v) is 12.2. The lowest BCUT2D eigenvalue weighted by molar-refractivity contribution is 0.365. The summed E-state index contributed by atoms with van der Waals surface area (Å²) in [5.41, 5.74) is 5.22. The standard InChI is InChI=1S/C26H39O3P/c1-17-12-13-22(19(14-17)24(3,4)5)28-30(27)29-23-20(25(6,7)8)15-18(2)16-21(23)26(9,10)11/h12-16,27H,1-11H3. The topological polar surface area (TPSA) is 38.7 Å². The van der Waals surface area contributed by atoms with Crippen molar-refractivity contribution in [1.29, 1.82) is 0 Å². The Hall–Kier alpha value is -1.57. The summed E-state index contributed by atoms with van der Waals surface area (Å²) in [6.45, 7) is 23.6. The first-order chi connectivity index (χ1) is 13.5. The van der Waals surface area contributed by atoms with E-state index in [2.05, 4.69) is 94.4 Å². The summed E-state index contributed by atoms with van der Waals surface area (Å²) in [5, 5.41) is 0.